The number of nitrogens with zero attached hydrogens (tertiary/aromatic N) is 1. The van der Waals surface area contributed by atoms with E-state index in [4.69, 9.17) is 21.7 Å². The SMILES string of the molecule is CCOC(=O)CCN1C(=O)/C(=C/c2cc(Br)c(O)c(OC)c2)SC1=S. The second-order valence-corrected chi connectivity index (χ2v) is 7.47. The largest absolute Gasteiger partial charge is 0.503 e. The van der Waals surface area contributed by atoms with E-state index in [2.05, 4.69) is 15.9 Å². The summed E-state index contributed by atoms with van der Waals surface area (Å²) in [5.41, 5.74) is 0.674. The fourth-order valence-corrected chi connectivity index (χ4v) is 3.88. The van der Waals surface area contributed by atoms with E-state index in [9.17, 15) is 14.7 Å². The van der Waals surface area contributed by atoms with Crippen LogP contribution in [0.15, 0.2) is 21.5 Å². The first kappa shape index (κ1) is 19.7. The number of amides is 1. The first-order chi connectivity index (χ1) is 11.9. The van der Waals surface area contributed by atoms with Crippen LogP contribution in [-0.2, 0) is 14.3 Å². The predicted molar refractivity (Wildman–Crippen MR) is 103 cm³/mol. The van der Waals surface area contributed by atoms with Crippen molar-refractivity contribution in [3.63, 3.8) is 0 Å². The summed E-state index contributed by atoms with van der Waals surface area (Å²) in [4.78, 5) is 25.8. The van der Waals surface area contributed by atoms with Crippen LogP contribution in [0.4, 0.5) is 0 Å². The summed E-state index contributed by atoms with van der Waals surface area (Å²) in [6.45, 7) is 2.21. The van der Waals surface area contributed by atoms with Gasteiger partial charge in [0.15, 0.2) is 11.5 Å². The quantitative estimate of drug-likeness (QED) is 0.408. The Morgan fingerprint density at radius 1 is 1.48 bits per heavy atom. The highest BCUT2D eigenvalue weighted by molar-refractivity contribution is 9.10. The third-order valence-corrected chi connectivity index (χ3v) is 5.27. The van der Waals surface area contributed by atoms with Gasteiger partial charge >= 0.3 is 5.97 Å². The van der Waals surface area contributed by atoms with Crippen molar-refractivity contribution in [2.45, 2.75) is 13.3 Å². The Balaban J connectivity index is 2.17. The Labute approximate surface area is 163 Å². The van der Waals surface area contributed by atoms with Crippen molar-refractivity contribution in [2.24, 2.45) is 0 Å². The lowest BCUT2D eigenvalue weighted by molar-refractivity contribution is -0.143. The molecule has 0 aromatic heterocycles. The molecule has 134 valence electrons. The predicted octanol–water partition coefficient (Wildman–Crippen LogP) is 3.32. The maximum absolute atomic E-state index is 12.5. The van der Waals surface area contributed by atoms with Gasteiger partial charge in [0, 0.05) is 6.54 Å². The smallest absolute Gasteiger partial charge is 0.307 e. The van der Waals surface area contributed by atoms with Crippen molar-refractivity contribution in [3.8, 4) is 11.5 Å². The fourth-order valence-electron chi connectivity index (χ4n) is 2.11. The lowest BCUT2D eigenvalue weighted by atomic mass is 10.2. The summed E-state index contributed by atoms with van der Waals surface area (Å²) in [5.74, 6) is -0.352. The van der Waals surface area contributed by atoms with Crippen LogP contribution in [0.3, 0.4) is 0 Å². The number of halogens is 1. The molecule has 1 N–H and O–H groups in total. The summed E-state index contributed by atoms with van der Waals surface area (Å²) in [7, 11) is 1.44. The van der Waals surface area contributed by atoms with Gasteiger partial charge < -0.3 is 14.6 Å². The van der Waals surface area contributed by atoms with Crippen molar-refractivity contribution in [2.75, 3.05) is 20.3 Å². The van der Waals surface area contributed by atoms with E-state index < -0.39 is 0 Å². The molecule has 1 aromatic carbocycles. The Morgan fingerprint density at radius 2 is 2.20 bits per heavy atom. The molecular weight excluding hydrogens is 430 g/mol. The van der Waals surface area contributed by atoms with Gasteiger partial charge in [-0.15, -0.1) is 0 Å². The number of phenols is 1. The summed E-state index contributed by atoms with van der Waals surface area (Å²) in [6, 6.07) is 3.29. The summed E-state index contributed by atoms with van der Waals surface area (Å²) in [6.07, 6.45) is 1.75. The van der Waals surface area contributed by atoms with Crippen LogP contribution in [-0.4, -0.2) is 46.5 Å². The molecule has 0 radical (unpaired) electrons. The summed E-state index contributed by atoms with van der Waals surface area (Å²) >= 11 is 9.63. The summed E-state index contributed by atoms with van der Waals surface area (Å²) < 4.78 is 10.8. The Kier molecular flexibility index (Phi) is 6.86. The minimum atomic E-state index is -0.368. The van der Waals surface area contributed by atoms with Gasteiger partial charge in [-0.25, -0.2) is 0 Å². The normalized spacial score (nSPS) is 15.8. The van der Waals surface area contributed by atoms with Crippen LogP contribution in [0.1, 0.15) is 18.9 Å². The molecule has 0 atom stereocenters. The van der Waals surface area contributed by atoms with Crippen molar-refractivity contribution in [1.82, 2.24) is 4.90 Å². The number of phenolic OH excluding ortho intramolecular Hbond substituents is 1. The van der Waals surface area contributed by atoms with Crippen LogP contribution in [0.5, 0.6) is 11.5 Å². The molecule has 1 aliphatic heterocycles. The van der Waals surface area contributed by atoms with E-state index in [-0.39, 0.29) is 30.6 Å². The Hall–Kier alpha value is -1.58. The summed E-state index contributed by atoms with van der Waals surface area (Å²) in [5, 5.41) is 9.85. The maximum Gasteiger partial charge on any atom is 0.307 e. The first-order valence-corrected chi connectivity index (χ1v) is 9.36. The number of hydrogen-bond donors (Lipinski definition) is 1. The molecule has 0 saturated carbocycles. The second kappa shape index (κ2) is 8.68. The Bertz CT molecular complexity index is 750. The minimum Gasteiger partial charge on any atom is -0.503 e. The number of esters is 1. The number of ether oxygens (including phenoxy) is 2. The van der Waals surface area contributed by atoms with Crippen LogP contribution in [0.25, 0.3) is 6.08 Å². The average Bonchev–Trinajstić information content (AvgIpc) is 2.82. The van der Waals surface area contributed by atoms with Crippen molar-refractivity contribution >= 4 is 62.2 Å². The third kappa shape index (κ3) is 4.74. The van der Waals surface area contributed by atoms with Gasteiger partial charge in [-0.1, -0.05) is 24.0 Å². The van der Waals surface area contributed by atoms with Gasteiger partial charge in [0.1, 0.15) is 4.32 Å². The van der Waals surface area contributed by atoms with E-state index in [0.717, 1.165) is 11.8 Å². The third-order valence-electron chi connectivity index (χ3n) is 3.29. The molecule has 1 saturated heterocycles. The van der Waals surface area contributed by atoms with Gasteiger partial charge in [0.25, 0.3) is 5.91 Å². The van der Waals surface area contributed by atoms with Gasteiger partial charge in [-0.3, -0.25) is 14.5 Å². The standard InChI is InChI=1S/C16H16BrNO5S2/c1-3-23-13(19)4-5-18-15(21)12(25-16(18)24)8-9-6-10(17)14(20)11(7-9)22-2/h6-8,20H,3-5H2,1-2H3/b12-8-. The molecular formula is C16H16BrNO5S2. The van der Waals surface area contributed by atoms with Gasteiger partial charge in [0.2, 0.25) is 0 Å². The zero-order valence-electron chi connectivity index (χ0n) is 13.6. The fraction of sp³-hybridized carbons (Fsp3) is 0.312. The van der Waals surface area contributed by atoms with Gasteiger partial charge in [0.05, 0.1) is 29.5 Å². The van der Waals surface area contributed by atoms with Crippen LogP contribution in [0, 0.1) is 0 Å². The lowest BCUT2D eigenvalue weighted by Crippen LogP contribution is -2.30. The van der Waals surface area contributed by atoms with Gasteiger partial charge in [-0.05, 0) is 46.6 Å². The first-order valence-electron chi connectivity index (χ1n) is 7.34. The average molecular weight is 446 g/mol. The van der Waals surface area contributed by atoms with E-state index in [1.165, 1.54) is 12.0 Å². The second-order valence-electron chi connectivity index (χ2n) is 4.94. The highest BCUT2D eigenvalue weighted by Gasteiger charge is 2.32. The number of thiocarbonyl (C=S) groups is 1. The lowest BCUT2D eigenvalue weighted by Gasteiger charge is -2.13. The number of rotatable bonds is 6. The number of aromatic hydroxyl groups is 1. The molecule has 1 amide bonds. The molecule has 25 heavy (non-hydrogen) atoms. The number of carbonyl (C=O) groups is 2. The molecule has 6 nitrogen and oxygen atoms in total. The maximum atomic E-state index is 12.5. The molecule has 0 bridgehead atoms. The number of benzene rings is 1. The van der Waals surface area contributed by atoms with Crippen LogP contribution >= 0.6 is 39.9 Å². The zero-order valence-corrected chi connectivity index (χ0v) is 16.8. The molecule has 9 heteroatoms. The van der Waals surface area contributed by atoms with Gasteiger partial charge in [-0.2, -0.15) is 0 Å². The van der Waals surface area contributed by atoms with E-state index in [0.29, 0.717) is 31.6 Å². The molecule has 0 spiro atoms. The van der Waals surface area contributed by atoms with Crippen LogP contribution < -0.4 is 4.74 Å². The molecule has 2 rings (SSSR count). The van der Waals surface area contributed by atoms with Crippen LogP contribution in [0.2, 0.25) is 0 Å². The van der Waals surface area contributed by atoms with Crippen molar-refractivity contribution in [3.05, 3.63) is 27.1 Å². The number of thioether (sulfide) groups is 1. The van der Waals surface area contributed by atoms with Crippen molar-refractivity contribution in [1.29, 1.82) is 0 Å². The highest BCUT2D eigenvalue weighted by Crippen LogP contribution is 2.38. The highest BCUT2D eigenvalue weighted by atomic mass is 79.9. The molecule has 1 aliphatic rings. The van der Waals surface area contributed by atoms with E-state index in [1.807, 2.05) is 0 Å². The minimum absolute atomic E-state index is 0.0124. The van der Waals surface area contributed by atoms with Crippen molar-refractivity contribution < 1.29 is 24.2 Å². The number of carbonyl (C=O) groups excluding carboxylic acids is 2. The number of methoxy groups -OCH3 is 1. The number of hydrogen-bond acceptors (Lipinski definition) is 7. The molecule has 0 aliphatic carbocycles. The zero-order chi connectivity index (χ0) is 18.6. The topological polar surface area (TPSA) is 76.1 Å². The van der Waals surface area contributed by atoms with E-state index in [1.54, 1.807) is 25.1 Å². The molecule has 1 heterocycles. The molecule has 0 unspecified atom stereocenters. The Morgan fingerprint density at radius 3 is 2.84 bits per heavy atom. The van der Waals surface area contributed by atoms with E-state index >= 15 is 0 Å². The monoisotopic (exact) mass is 445 g/mol. The molecule has 1 fully saturated rings. The molecule has 1 aromatic rings.